The highest BCUT2D eigenvalue weighted by atomic mass is 16.5. The van der Waals surface area contributed by atoms with Crippen LogP contribution in [-0.2, 0) is 6.54 Å². The molecule has 0 spiro atoms. The van der Waals surface area contributed by atoms with Crippen LogP contribution in [0, 0.1) is 11.3 Å². The number of nitriles is 1. The maximum Gasteiger partial charge on any atom is 0.223 e. The quantitative estimate of drug-likeness (QED) is 0.501. The van der Waals surface area contributed by atoms with Crippen LogP contribution in [0.4, 0.5) is 11.4 Å². The van der Waals surface area contributed by atoms with Crippen LogP contribution in [0.15, 0.2) is 64.8 Å². The molecular weight excluding hydrogens is 392 g/mol. The average molecular weight is 419 g/mol. The van der Waals surface area contributed by atoms with E-state index >= 15 is 0 Å². The molecule has 0 aromatic heterocycles. The van der Waals surface area contributed by atoms with Gasteiger partial charge in [-0.25, -0.2) is 4.99 Å². The Balaban J connectivity index is 1.69. The van der Waals surface area contributed by atoms with Gasteiger partial charge in [0.1, 0.15) is 11.4 Å². The van der Waals surface area contributed by atoms with Gasteiger partial charge in [0.25, 0.3) is 0 Å². The fraction of sp³-hybridized carbons (Fsp3) is 0.227. The van der Waals surface area contributed by atoms with E-state index < -0.39 is 0 Å². The summed E-state index contributed by atoms with van der Waals surface area (Å²) in [6, 6.07) is 14.7. The molecule has 1 aliphatic rings. The summed E-state index contributed by atoms with van der Waals surface area (Å²) in [6.07, 6.45) is 4.15. The normalized spacial score (nSPS) is 14.4. The zero-order valence-electron chi connectivity index (χ0n) is 17.6. The summed E-state index contributed by atoms with van der Waals surface area (Å²) in [7, 11) is 3.65. The minimum atomic E-state index is -0.00769. The number of nitrogens with two attached hydrogens (primary N) is 2. The molecule has 31 heavy (non-hydrogen) atoms. The molecule has 0 fully saturated rings. The van der Waals surface area contributed by atoms with Crippen LogP contribution in [0.3, 0.4) is 0 Å². The van der Waals surface area contributed by atoms with Crippen LogP contribution < -0.4 is 21.5 Å². The Morgan fingerprint density at radius 2 is 1.94 bits per heavy atom. The number of methoxy groups -OCH3 is 1. The van der Waals surface area contributed by atoms with E-state index in [1.54, 1.807) is 31.4 Å². The summed E-state index contributed by atoms with van der Waals surface area (Å²) >= 11 is 0. The minimum absolute atomic E-state index is 0.00769. The van der Waals surface area contributed by atoms with Gasteiger partial charge in [0, 0.05) is 44.8 Å². The second-order valence-corrected chi connectivity index (χ2v) is 7.04. The topological polar surface area (TPSA) is 128 Å². The van der Waals surface area contributed by atoms with Crippen molar-refractivity contribution in [2.75, 3.05) is 32.6 Å². The monoisotopic (exact) mass is 418 g/mol. The number of guanidine groups is 2. The molecular formula is C22H26N8O. The molecule has 0 unspecified atom stereocenters. The van der Waals surface area contributed by atoms with E-state index in [9.17, 15) is 0 Å². The third-order valence-corrected chi connectivity index (χ3v) is 4.66. The predicted octanol–water partition coefficient (Wildman–Crippen LogP) is 2.16. The van der Waals surface area contributed by atoms with Gasteiger partial charge >= 0.3 is 0 Å². The van der Waals surface area contributed by atoms with E-state index in [0.29, 0.717) is 22.7 Å². The van der Waals surface area contributed by atoms with Crippen LogP contribution in [0.1, 0.15) is 11.1 Å². The van der Waals surface area contributed by atoms with E-state index in [2.05, 4.69) is 50.6 Å². The van der Waals surface area contributed by atoms with E-state index in [-0.39, 0.29) is 11.9 Å². The van der Waals surface area contributed by atoms with Crippen LogP contribution in [0.5, 0.6) is 5.75 Å². The first-order valence-electron chi connectivity index (χ1n) is 9.72. The first kappa shape index (κ1) is 21.5. The van der Waals surface area contributed by atoms with Gasteiger partial charge in [-0.1, -0.05) is 6.07 Å². The van der Waals surface area contributed by atoms with E-state index in [1.807, 2.05) is 18.2 Å². The number of nitrogens with one attached hydrogen (secondary N) is 1. The SMILES string of the molecule is COc1cc(CN2C=CN(C)CC2)ccc1N=C(N)N=C(N)Nc1ccc(C#N)cc1. The number of benzene rings is 2. The molecule has 2 aromatic carbocycles. The van der Waals surface area contributed by atoms with Gasteiger partial charge in [-0.15, -0.1) is 0 Å². The lowest BCUT2D eigenvalue weighted by Gasteiger charge is -2.29. The van der Waals surface area contributed by atoms with Crippen molar-refractivity contribution in [3.05, 3.63) is 66.0 Å². The highest BCUT2D eigenvalue weighted by Crippen LogP contribution is 2.29. The molecule has 0 saturated carbocycles. The number of nitrogens with zero attached hydrogens (tertiary/aromatic N) is 5. The van der Waals surface area contributed by atoms with Crippen LogP contribution in [-0.4, -0.2) is 49.0 Å². The first-order valence-corrected chi connectivity index (χ1v) is 9.72. The van der Waals surface area contributed by atoms with Crippen LogP contribution in [0.2, 0.25) is 0 Å². The van der Waals surface area contributed by atoms with Gasteiger partial charge in [-0.05, 0) is 42.0 Å². The largest absolute Gasteiger partial charge is 0.494 e. The van der Waals surface area contributed by atoms with Crippen molar-refractivity contribution in [2.24, 2.45) is 21.5 Å². The molecule has 2 aromatic rings. The fourth-order valence-electron chi connectivity index (χ4n) is 3.00. The molecule has 160 valence electrons. The summed E-state index contributed by atoms with van der Waals surface area (Å²) in [5.74, 6) is 0.683. The molecule has 9 nitrogen and oxygen atoms in total. The summed E-state index contributed by atoms with van der Waals surface area (Å²) < 4.78 is 5.49. The second kappa shape index (κ2) is 10.0. The molecule has 0 amide bonds. The number of hydrogen-bond acceptors (Lipinski definition) is 5. The summed E-state index contributed by atoms with van der Waals surface area (Å²) in [4.78, 5) is 12.8. The maximum atomic E-state index is 8.85. The Bertz CT molecular complexity index is 1040. The smallest absolute Gasteiger partial charge is 0.223 e. The molecule has 3 rings (SSSR count). The van der Waals surface area contributed by atoms with Crippen molar-refractivity contribution in [1.82, 2.24) is 9.80 Å². The van der Waals surface area contributed by atoms with Gasteiger partial charge in [0.2, 0.25) is 11.9 Å². The Labute approximate surface area is 181 Å². The molecule has 1 heterocycles. The summed E-state index contributed by atoms with van der Waals surface area (Å²) in [5.41, 5.74) is 14.8. The maximum absolute atomic E-state index is 8.85. The van der Waals surface area contributed by atoms with Gasteiger partial charge in [-0.3, -0.25) is 0 Å². The fourth-order valence-corrected chi connectivity index (χ4v) is 3.00. The first-order chi connectivity index (χ1) is 15.0. The highest BCUT2D eigenvalue weighted by Gasteiger charge is 2.10. The summed E-state index contributed by atoms with van der Waals surface area (Å²) in [6.45, 7) is 2.73. The number of likely N-dealkylation sites (N-methyl/N-ethyl adjacent to an activating group) is 1. The average Bonchev–Trinajstić information content (AvgIpc) is 2.76. The zero-order valence-corrected chi connectivity index (χ0v) is 17.6. The molecule has 1 aliphatic heterocycles. The molecule has 0 atom stereocenters. The molecule has 0 aliphatic carbocycles. The van der Waals surface area contributed by atoms with Gasteiger partial charge in [-0.2, -0.15) is 10.3 Å². The second-order valence-electron chi connectivity index (χ2n) is 7.04. The third-order valence-electron chi connectivity index (χ3n) is 4.66. The number of aliphatic imine (C=N–C) groups is 2. The molecule has 0 bridgehead atoms. The van der Waals surface area contributed by atoms with Crippen molar-refractivity contribution in [3.8, 4) is 11.8 Å². The van der Waals surface area contributed by atoms with E-state index in [0.717, 1.165) is 25.2 Å². The van der Waals surface area contributed by atoms with Crippen molar-refractivity contribution >= 4 is 23.3 Å². The number of rotatable bonds is 5. The Hall–Kier alpha value is -4.19. The number of hydrogen-bond donors (Lipinski definition) is 3. The van der Waals surface area contributed by atoms with E-state index in [1.165, 1.54) is 0 Å². The molecule has 0 radical (unpaired) electrons. The third kappa shape index (κ3) is 6.14. The zero-order chi connectivity index (χ0) is 22.2. The van der Waals surface area contributed by atoms with Gasteiger partial charge in [0.15, 0.2) is 0 Å². The van der Waals surface area contributed by atoms with Crippen molar-refractivity contribution in [2.45, 2.75) is 6.54 Å². The lowest BCUT2D eigenvalue weighted by atomic mass is 10.1. The lowest BCUT2D eigenvalue weighted by Crippen LogP contribution is -2.32. The summed E-state index contributed by atoms with van der Waals surface area (Å²) in [5, 5.41) is 11.8. The number of anilines is 1. The standard InChI is InChI=1S/C22H26N8O/c1-29-9-11-30(12-10-29)15-17-5-8-19(20(13-17)31-2)27-22(25)28-21(24)26-18-6-3-16(14-23)4-7-18/h3-9,11,13H,10,12,15H2,1-2H3,(H5,24,25,26,27,28). The lowest BCUT2D eigenvalue weighted by molar-refractivity contribution is 0.282. The molecule has 0 saturated heterocycles. The number of ether oxygens (including phenoxy) is 1. The van der Waals surface area contributed by atoms with Gasteiger partial charge < -0.3 is 31.3 Å². The van der Waals surface area contributed by atoms with Crippen LogP contribution >= 0.6 is 0 Å². The Kier molecular flexibility index (Phi) is 6.96. The Morgan fingerprint density at radius 3 is 2.58 bits per heavy atom. The predicted molar refractivity (Wildman–Crippen MR) is 123 cm³/mol. The van der Waals surface area contributed by atoms with Crippen molar-refractivity contribution < 1.29 is 4.74 Å². The Morgan fingerprint density at radius 1 is 1.16 bits per heavy atom. The van der Waals surface area contributed by atoms with Crippen LogP contribution in [0.25, 0.3) is 0 Å². The minimum Gasteiger partial charge on any atom is -0.494 e. The van der Waals surface area contributed by atoms with Crippen molar-refractivity contribution in [3.63, 3.8) is 0 Å². The van der Waals surface area contributed by atoms with E-state index in [4.69, 9.17) is 21.5 Å². The molecule has 9 heteroatoms. The van der Waals surface area contributed by atoms with Gasteiger partial charge in [0.05, 0.1) is 18.7 Å². The van der Waals surface area contributed by atoms with Crippen molar-refractivity contribution in [1.29, 1.82) is 5.26 Å². The highest BCUT2D eigenvalue weighted by molar-refractivity contribution is 6.01. The molecule has 5 N–H and O–H groups in total.